The predicted molar refractivity (Wildman–Crippen MR) is 95.3 cm³/mol. The van der Waals surface area contributed by atoms with Crippen LogP contribution in [-0.4, -0.2) is 0 Å². The van der Waals surface area contributed by atoms with Gasteiger partial charge < -0.3 is 14.5 Å². The topological polar surface area (TPSA) is 39.0 Å². The number of benzene rings is 2. The van der Waals surface area contributed by atoms with Gasteiger partial charge >= 0.3 is 0 Å². The largest absolute Gasteiger partial charge is 0.488 e. The zero-order valence-electron chi connectivity index (χ0n) is 13.0. The second kappa shape index (κ2) is 8.25. The summed E-state index contributed by atoms with van der Waals surface area (Å²) in [6.45, 7) is 2.03. The number of quaternary nitrogens is 1. The average molecular weight is 363 g/mol. The quantitative estimate of drug-likeness (QED) is 0.675. The molecule has 0 radical (unpaired) electrons. The summed E-state index contributed by atoms with van der Waals surface area (Å²) in [5, 5.41) is 3.58. The Morgan fingerprint density at radius 1 is 0.917 bits per heavy atom. The van der Waals surface area contributed by atoms with Crippen LogP contribution in [0.3, 0.4) is 0 Å². The van der Waals surface area contributed by atoms with Gasteiger partial charge in [0, 0.05) is 15.6 Å². The summed E-state index contributed by atoms with van der Waals surface area (Å²) in [5.41, 5.74) is 2.13. The van der Waals surface area contributed by atoms with Crippen LogP contribution in [0.2, 0.25) is 10.0 Å². The van der Waals surface area contributed by atoms with Crippen molar-refractivity contribution in [3.8, 4) is 5.75 Å². The Morgan fingerprint density at radius 2 is 1.71 bits per heavy atom. The van der Waals surface area contributed by atoms with Crippen LogP contribution in [0.5, 0.6) is 5.75 Å². The first-order valence-electron chi connectivity index (χ1n) is 7.70. The molecular formula is C19H18Cl2NO2+. The van der Waals surface area contributed by atoms with Crippen molar-refractivity contribution in [1.29, 1.82) is 0 Å². The molecule has 5 heteroatoms. The highest BCUT2D eigenvalue weighted by molar-refractivity contribution is 6.30. The minimum Gasteiger partial charge on any atom is -0.488 e. The number of hydrogen-bond donors (Lipinski definition) is 1. The molecule has 0 fully saturated rings. The molecule has 0 saturated heterocycles. The van der Waals surface area contributed by atoms with Gasteiger partial charge in [-0.3, -0.25) is 0 Å². The van der Waals surface area contributed by atoms with Crippen molar-refractivity contribution in [3.63, 3.8) is 0 Å². The molecule has 24 heavy (non-hydrogen) atoms. The summed E-state index contributed by atoms with van der Waals surface area (Å²) < 4.78 is 11.3. The Kier molecular flexibility index (Phi) is 5.81. The molecule has 3 rings (SSSR count). The molecule has 0 aliphatic heterocycles. The SMILES string of the molecule is Clc1ccc(COc2ccc(Cl)cc2C[NH2+]Cc2ccco2)cc1. The van der Waals surface area contributed by atoms with E-state index in [9.17, 15) is 0 Å². The van der Waals surface area contributed by atoms with E-state index in [0.717, 1.165) is 40.7 Å². The second-order valence-electron chi connectivity index (χ2n) is 5.44. The number of hydrogen-bond acceptors (Lipinski definition) is 2. The van der Waals surface area contributed by atoms with Crippen LogP contribution < -0.4 is 10.1 Å². The summed E-state index contributed by atoms with van der Waals surface area (Å²) in [6, 6.07) is 17.2. The normalized spacial score (nSPS) is 10.8. The Bertz CT molecular complexity index is 771. The van der Waals surface area contributed by atoms with E-state index >= 15 is 0 Å². The van der Waals surface area contributed by atoms with Crippen molar-refractivity contribution in [2.75, 3.05) is 0 Å². The molecule has 3 aromatic rings. The van der Waals surface area contributed by atoms with Gasteiger partial charge in [-0.2, -0.15) is 0 Å². The molecular weight excluding hydrogens is 345 g/mol. The maximum absolute atomic E-state index is 6.13. The molecule has 1 heterocycles. The molecule has 1 aromatic heterocycles. The standard InChI is InChI=1S/C19H17Cl2NO2/c20-16-5-3-14(4-6-16)13-24-19-8-7-17(21)10-15(19)11-22-12-18-2-1-9-23-18/h1-10,22H,11-13H2/p+1. The Balaban J connectivity index is 1.62. The molecule has 0 bridgehead atoms. The van der Waals surface area contributed by atoms with Gasteiger partial charge in [-0.05, 0) is 48.0 Å². The third-order valence-corrected chi connectivity index (χ3v) is 4.11. The van der Waals surface area contributed by atoms with Gasteiger partial charge in [0.25, 0.3) is 0 Å². The minimum atomic E-state index is 0.490. The fraction of sp³-hybridized carbons (Fsp3) is 0.158. The van der Waals surface area contributed by atoms with Crippen LogP contribution >= 0.6 is 23.2 Å². The van der Waals surface area contributed by atoms with E-state index < -0.39 is 0 Å². The summed E-state index contributed by atoms with van der Waals surface area (Å²) in [7, 11) is 0. The van der Waals surface area contributed by atoms with Gasteiger partial charge in [-0.25, -0.2) is 0 Å². The first-order chi connectivity index (χ1) is 11.7. The molecule has 0 amide bonds. The summed E-state index contributed by atoms with van der Waals surface area (Å²) >= 11 is 12.0. The zero-order valence-corrected chi connectivity index (χ0v) is 14.6. The Morgan fingerprint density at radius 3 is 2.46 bits per heavy atom. The molecule has 0 aliphatic rings. The smallest absolute Gasteiger partial charge is 0.157 e. The number of rotatable bonds is 7. The second-order valence-corrected chi connectivity index (χ2v) is 6.32. The van der Waals surface area contributed by atoms with Crippen molar-refractivity contribution in [3.05, 3.63) is 87.8 Å². The van der Waals surface area contributed by atoms with Crippen molar-refractivity contribution in [2.45, 2.75) is 19.7 Å². The van der Waals surface area contributed by atoms with E-state index in [0.29, 0.717) is 11.6 Å². The van der Waals surface area contributed by atoms with E-state index in [1.54, 1.807) is 6.26 Å². The molecule has 3 nitrogen and oxygen atoms in total. The fourth-order valence-electron chi connectivity index (χ4n) is 2.39. The maximum Gasteiger partial charge on any atom is 0.157 e. The van der Waals surface area contributed by atoms with Crippen LogP contribution in [-0.2, 0) is 19.7 Å². The highest BCUT2D eigenvalue weighted by Crippen LogP contribution is 2.23. The van der Waals surface area contributed by atoms with Gasteiger partial charge in [0.1, 0.15) is 25.4 Å². The predicted octanol–water partition coefficient (Wildman–Crippen LogP) is 4.43. The van der Waals surface area contributed by atoms with E-state index in [2.05, 4.69) is 5.32 Å². The van der Waals surface area contributed by atoms with Crippen molar-refractivity contribution >= 4 is 23.2 Å². The number of halogens is 2. The number of nitrogens with two attached hydrogens (primary N) is 1. The lowest BCUT2D eigenvalue weighted by atomic mass is 10.2. The third kappa shape index (κ3) is 4.78. The van der Waals surface area contributed by atoms with Crippen molar-refractivity contribution < 1.29 is 14.5 Å². The van der Waals surface area contributed by atoms with Crippen LogP contribution in [0.1, 0.15) is 16.9 Å². The summed E-state index contributed by atoms with van der Waals surface area (Å²) in [4.78, 5) is 0. The zero-order chi connectivity index (χ0) is 16.8. The van der Waals surface area contributed by atoms with Gasteiger partial charge in [0.05, 0.1) is 6.26 Å². The van der Waals surface area contributed by atoms with Crippen LogP contribution in [0.25, 0.3) is 0 Å². The van der Waals surface area contributed by atoms with Crippen LogP contribution in [0, 0.1) is 0 Å². The van der Waals surface area contributed by atoms with E-state index in [1.807, 2.05) is 54.6 Å². The highest BCUT2D eigenvalue weighted by atomic mass is 35.5. The summed E-state index contributed by atoms with van der Waals surface area (Å²) in [6.07, 6.45) is 1.68. The van der Waals surface area contributed by atoms with Crippen molar-refractivity contribution in [1.82, 2.24) is 0 Å². The molecule has 0 spiro atoms. The number of ether oxygens (including phenoxy) is 1. The van der Waals surface area contributed by atoms with E-state index in [-0.39, 0.29) is 0 Å². The molecule has 124 valence electrons. The van der Waals surface area contributed by atoms with Gasteiger partial charge in [0.15, 0.2) is 5.76 Å². The third-order valence-electron chi connectivity index (χ3n) is 3.62. The molecule has 2 N–H and O–H groups in total. The summed E-state index contributed by atoms with van der Waals surface area (Å²) in [5.74, 6) is 1.78. The molecule has 0 saturated carbocycles. The molecule has 0 aliphatic carbocycles. The maximum atomic E-state index is 6.13. The molecule has 0 atom stereocenters. The highest BCUT2D eigenvalue weighted by Gasteiger charge is 2.08. The minimum absolute atomic E-state index is 0.490. The van der Waals surface area contributed by atoms with Crippen LogP contribution in [0.15, 0.2) is 65.3 Å². The first-order valence-corrected chi connectivity index (χ1v) is 8.46. The van der Waals surface area contributed by atoms with Crippen LogP contribution in [0.4, 0.5) is 0 Å². The fourth-order valence-corrected chi connectivity index (χ4v) is 2.71. The Hall–Kier alpha value is -1.94. The van der Waals surface area contributed by atoms with E-state index in [4.69, 9.17) is 32.4 Å². The average Bonchev–Trinajstić information content (AvgIpc) is 3.09. The Labute approximate surface area is 151 Å². The van der Waals surface area contributed by atoms with Crippen molar-refractivity contribution in [2.24, 2.45) is 0 Å². The lowest BCUT2D eigenvalue weighted by molar-refractivity contribution is -0.688. The lowest BCUT2D eigenvalue weighted by Gasteiger charge is -2.11. The monoisotopic (exact) mass is 362 g/mol. The first kappa shape index (κ1) is 16.9. The van der Waals surface area contributed by atoms with Gasteiger partial charge in [-0.1, -0.05) is 35.3 Å². The van der Waals surface area contributed by atoms with Gasteiger partial charge in [-0.15, -0.1) is 0 Å². The van der Waals surface area contributed by atoms with Gasteiger partial charge in [0.2, 0.25) is 0 Å². The molecule has 0 unspecified atom stereocenters. The lowest BCUT2D eigenvalue weighted by Crippen LogP contribution is -2.80. The molecule has 2 aromatic carbocycles. The van der Waals surface area contributed by atoms with E-state index in [1.165, 1.54) is 0 Å². The number of furan rings is 1.